The topological polar surface area (TPSA) is 42.1 Å². The Balaban J connectivity index is 2.13. The van der Waals surface area contributed by atoms with E-state index in [0.29, 0.717) is 18.2 Å². The second kappa shape index (κ2) is 5.77. The van der Waals surface area contributed by atoms with E-state index in [1.54, 1.807) is 6.07 Å². The van der Waals surface area contributed by atoms with Crippen LogP contribution in [-0.4, -0.2) is 24.6 Å². The van der Waals surface area contributed by atoms with Crippen LogP contribution < -0.4 is 10.6 Å². The maximum absolute atomic E-state index is 12.6. The molecule has 19 heavy (non-hydrogen) atoms. The van der Waals surface area contributed by atoms with Crippen molar-refractivity contribution in [2.75, 3.05) is 24.5 Å². The standard InChI is InChI=1S/C13H18F3N3/c14-13(15,16)12-8-11(4-6-18-12)19-7-1-2-10(9-19)3-5-17/h4,6,8,10H,1-3,5,7,9,17H2. The molecule has 0 saturated carbocycles. The van der Waals surface area contributed by atoms with Crippen molar-refractivity contribution in [2.24, 2.45) is 11.7 Å². The van der Waals surface area contributed by atoms with Gasteiger partial charge in [-0.2, -0.15) is 13.2 Å². The third-order valence-corrected chi connectivity index (χ3v) is 3.49. The number of halogens is 3. The minimum absolute atomic E-state index is 0.473. The van der Waals surface area contributed by atoms with E-state index in [0.717, 1.165) is 38.4 Å². The lowest BCUT2D eigenvalue weighted by Crippen LogP contribution is -2.36. The van der Waals surface area contributed by atoms with Crippen molar-refractivity contribution in [1.29, 1.82) is 0 Å². The number of nitrogens with zero attached hydrogens (tertiary/aromatic N) is 2. The van der Waals surface area contributed by atoms with Gasteiger partial charge in [-0.25, -0.2) is 0 Å². The number of pyridine rings is 1. The van der Waals surface area contributed by atoms with Gasteiger partial charge in [-0.1, -0.05) is 0 Å². The highest BCUT2D eigenvalue weighted by Crippen LogP contribution is 2.31. The van der Waals surface area contributed by atoms with Gasteiger partial charge >= 0.3 is 6.18 Å². The Morgan fingerprint density at radius 2 is 2.21 bits per heavy atom. The van der Waals surface area contributed by atoms with Crippen LogP contribution in [0.3, 0.4) is 0 Å². The number of hydrogen-bond acceptors (Lipinski definition) is 3. The number of hydrogen-bond donors (Lipinski definition) is 1. The van der Waals surface area contributed by atoms with Crippen molar-refractivity contribution in [3.05, 3.63) is 24.0 Å². The van der Waals surface area contributed by atoms with E-state index < -0.39 is 11.9 Å². The molecule has 2 heterocycles. The van der Waals surface area contributed by atoms with Crippen molar-refractivity contribution in [1.82, 2.24) is 4.98 Å². The van der Waals surface area contributed by atoms with Gasteiger partial charge in [-0.05, 0) is 43.9 Å². The second-order valence-corrected chi connectivity index (χ2v) is 4.93. The average Bonchev–Trinajstić information content (AvgIpc) is 2.39. The van der Waals surface area contributed by atoms with Crippen LogP contribution in [0.15, 0.2) is 18.3 Å². The van der Waals surface area contributed by atoms with Gasteiger partial charge in [-0.3, -0.25) is 4.98 Å². The van der Waals surface area contributed by atoms with Crippen LogP contribution in [0.5, 0.6) is 0 Å². The Labute approximate surface area is 110 Å². The summed E-state index contributed by atoms with van der Waals surface area (Å²) >= 11 is 0. The molecular weight excluding hydrogens is 255 g/mol. The molecular formula is C13H18F3N3. The fraction of sp³-hybridized carbons (Fsp3) is 0.615. The summed E-state index contributed by atoms with van der Waals surface area (Å²) in [5, 5.41) is 0. The van der Waals surface area contributed by atoms with Gasteiger partial charge in [0, 0.05) is 25.0 Å². The first-order valence-corrected chi connectivity index (χ1v) is 6.49. The van der Waals surface area contributed by atoms with E-state index in [1.807, 2.05) is 4.90 Å². The lowest BCUT2D eigenvalue weighted by atomic mass is 9.94. The molecule has 1 atom stereocenters. The summed E-state index contributed by atoms with van der Waals surface area (Å²) in [4.78, 5) is 5.39. The zero-order valence-electron chi connectivity index (χ0n) is 10.7. The summed E-state index contributed by atoms with van der Waals surface area (Å²) in [6.07, 6.45) is -0.139. The third-order valence-electron chi connectivity index (χ3n) is 3.49. The first kappa shape index (κ1) is 14.1. The number of nitrogens with two attached hydrogens (primary N) is 1. The van der Waals surface area contributed by atoms with E-state index in [2.05, 4.69) is 4.98 Å². The predicted octanol–water partition coefficient (Wildman–Crippen LogP) is 2.67. The molecule has 1 unspecified atom stereocenters. The molecule has 1 aliphatic rings. The maximum atomic E-state index is 12.6. The Hall–Kier alpha value is -1.30. The van der Waals surface area contributed by atoms with Crippen molar-refractivity contribution >= 4 is 5.69 Å². The van der Waals surface area contributed by atoms with E-state index in [4.69, 9.17) is 5.73 Å². The number of aromatic nitrogens is 1. The Morgan fingerprint density at radius 3 is 2.89 bits per heavy atom. The molecule has 2 N–H and O–H groups in total. The summed E-state index contributed by atoms with van der Waals surface area (Å²) in [5.41, 5.74) is 5.32. The van der Waals surface area contributed by atoms with E-state index >= 15 is 0 Å². The van der Waals surface area contributed by atoms with E-state index in [9.17, 15) is 13.2 Å². The monoisotopic (exact) mass is 273 g/mol. The molecule has 6 heteroatoms. The zero-order chi connectivity index (χ0) is 13.9. The normalized spacial score (nSPS) is 20.6. The molecule has 1 aromatic heterocycles. The minimum Gasteiger partial charge on any atom is -0.371 e. The summed E-state index contributed by atoms with van der Waals surface area (Å²) in [6.45, 7) is 2.20. The Bertz CT molecular complexity index is 418. The highest BCUT2D eigenvalue weighted by atomic mass is 19.4. The van der Waals surface area contributed by atoms with Crippen molar-refractivity contribution in [3.8, 4) is 0 Å². The largest absolute Gasteiger partial charge is 0.433 e. The van der Waals surface area contributed by atoms with Crippen LogP contribution in [0.1, 0.15) is 25.0 Å². The van der Waals surface area contributed by atoms with Gasteiger partial charge in [0.25, 0.3) is 0 Å². The fourth-order valence-corrected chi connectivity index (χ4v) is 2.54. The fourth-order valence-electron chi connectivity index (χ4n) is 2.54. The van der Waals surface area contributed by atoms with Gasteiger partial charge in [-0.15, -0.1) is 0 Å². The Morgan fingerprint density at radius 1 is 1.42 bits per heavy atom. The van der Waals surface area contributed by atoms with Gasteiger partial charge in [0.05, 0.1) is 0 Å². The molecule has 0 amide bonds. The van der Waals surface area contributed by atoms with Gasteiger partial charge < -0.3 is 10.6 Å². The quantitative estimate of drug-likeness (QED) is 0.920. The lowest BCUT2D eigenvalue weighted by molar-refractivity contribution is -0.141. The average molecular weight is 273 g/mol. The van der Waals surface area contributed by atoms with Crippen molar-refractivity contribution in [2.45, 2.75) is 25.4 Å². The summed E-state index contributed by atoms with van der Waals surface area (Å²) in [7, 11) is 0. The highest BCUT2D eigenvalue weighted by Gasteiger charge is 2.33. The highest BCUT2D eigenvalue weighted by molar-refractivity contribution is 5.47. The van der Waals surface area contributed by atoms with Crippen molar-refractivity contribution < 1.29 is 13.2 Å². The van der Waals surface area contributed by atoms with Crippen LogP contribution in [-0.2, 0) is 6.18 Å². The number of anilines is 1. The van der Waals surface area contributed by atoms with Crippen LogP contribution >= 0.6 is 0 Å². The molecule has 1 fully saturated rings. The third kappa shape index (κ3) is 3.59. The van der Waals surface area contributed by atoms with Gasteiger partial charge in [0.1, 0.15) is 5.69 Å². The molecule has 2 rings (SSSR count). The first-order chi connectivity index (χ1) is 9.00. The molecule has 3 nitrogen and oxygen atoms in total. The molecule has 0 bridgehead atoms. The van der Waals surface area contributed by atoms with E-state index in [1.165, 1.54) is 6.20 Å². The second-order valence-electron chi connectivity index (χ2n) is 4.93. The molecule has 1 saturated heterocycles. The number of alkyl halides is 3. The molecule has 0 aliphatic carbocycles. The smallest absolute Gasteiger partial charge is 0.371 e. The first-order valence-electron chi connectivity index (χ1n) is 6.49. The SMILES string of the molecule is NCCC1CCCN(c2ccnc(C(F)(F)F)c2)C1. The number of rotatable bonds is 3. The van der Waals surface area contributed by atoms with Crippen molar-refractivity contribution in [3.63, 3.8) is 0 Å². The lowest BCUT2D eigenvalue weighted by Gasteiger charge is -2.34. The van der Waals surface area contributed by atoms with Gasteiger partial charge in [0.2, 0.25) is 0 Å². The predicted molar refractivity (Wildman–Crippen MR) is 67.8 cm³/mol. The molecule has 106 valence electrons. The molecule has 1 aromatic rings. The van der Waals surface area contributed by atoms with Crippen LogP contribution in [0.25, 0.3) is 0 Å². The maximum Gasteiger partial charge on any atom is 0.433 e. The minimum atomic E-state index is -4.39. The van der Waals surface area contributed by atoms with Gasteiger partial charge in [0.15, 0.2) is 0 Å². The van der Waals surface area contributed by atoms with Crippen LogP contribution in [0, 0.1) is 5.92 Å². The molecule has 0 aromatic carbocycles. The summed E-state index contributed by atoms with van der Waals surface area (Å²) < 4.78 is 37.9. The molecule has 1 aliphatic heterocycles. The number of piperidine rings is 1. The summed E-state index contributed by atoms with van der Waals surface area (Å²) in [6, 6.07) is 2.77. The van der Waals surface area contributed by atoms with Crippen LogP contribution in [0.4, 0.5) is 18.9 Å². The molecule has 0 radical (unpaired) electrons. The zero-order valence-corrected chi connectivity index (χ0v) is 10.7. The van der Waals surface area contributed by atoms with E-state index in [-0.39, 0.29) is 0 Å². The molecule has 0 spiro atoms. The summed E-state index contributed by atoms with van der Waals surface area (Å²) in [5.74, 6) is 0.473. The Kier molecular flexibility index (Phi) is 4.29. The van der Waals surface area contributed by atoms with Crippen LogP contribution in [0.2, 0.25) is 0 Å².